The maximum absolute atomic E-state index is 12.6. The highest BCUT2D eigenvalue weighted by Gasteiger charge is 2.41. The van der Waals surface area contributed by atoms with Crippen LogP contribution in [0.3, 0.4) is 0 Å². The summed E-state index contributed by atoms with van der Waals surface area (Å²) >= 11 is 0. The van der Waals surface area contributed by atoms with Crippen molar-refractivity contribution in [1.82, 2.24) is 0 Å². The summed E-state index contributed by atoms with van der Waals surface area (Å²) in [6.07, 6.45) is 21.1. The van der Waals surface area contributed by atoms with Crippen molar-refractivity contribution < 1.29 is 18.5 Å². The second-order valence-electron chi connectivity index (χ2n) is 9.01. The first kappa shape index (κ1) is 27.8. The van der Waals surface area contributed by atoms with Gasteiger partial charge in [-0.15, -0.1) is 0 Å². The van der Waals surface area contributed by atoms with Crippen molar-refractivity contribution >= 4 is 7.60 Å². The normalized spacial score (nSPS) is 15.8. The molecule has 0 amide bonds. The van der Waals surface area contributed by atoms with Gasteiger partial charge in [0, 0.05) is 6.42 Å². The Morgan fingerprint density at radius 3 is 1.82 bits per heavy atom. The zero-order chi connectivity index (χ0) is 21.3. The van der Waals surface area contributed by atoms with E-state index in [0.29, 0.717) is 17.5 Å². The predicted molar refractivity (Wildman–Crippen MR) is 123 cm³/mol. The Hall–Kier alpha value is -0.150. The molecular weight excluding hydrogens is 369 g/mol. The van der Waals surface area contributed by atoms with Crippen molar-refractivity contribution in [3.8, 4) is 0 Å². The zero-order valence-corrected chi connectivity index (χ0v) is 20.4. The molecule has 0 spiro atoms. The summed E-state index contributed by atoms with van der Waals surface area (Å²) in [6, 6.07) is 0. The number of quaternary nitrogens is 1. The van der Waals surface area contributed by atoms with Crippen LogP contribution >= 0.6 is 7.60 Å². The standard InChI is InChI=1S/C23H48NO3P/c1-6-8-9-10-11-12-13-14-15-16-17-18-19-20-22-27-28(25,26)23(21-7-2)24(3,4)5/h9-10,23H,6-8,11-22H2,1-5H3/p+1. The van der Waals surface area contributed by atoms with Crippen molar-refractivity contribution in [3.63, 3.8) is 0 Å². The van der Waals surface area contributed by atoms with Gasteiger partial charge < -0.3 is 13.9 Å². The van der Waals surface area contributed by atoms with Gasteiger partial charge in [-0.1, -0.05) is 77.4 Å². The molecule has 0 fully saturated rings. The lowest BCUT2D eigenvalue weighted by atomic mass is 10.1. The van der Waals surface area contributed by atoms with Crippen LogP contribution in [0.25, 0.3) is 0 Å². The van der Waals surface area contributed by atoms with E-state index in [9.17, 15) is 9.46 Å². The third-order valence-electron chi connectivity index (χ3n) is 5.23. The highest BCUT2D eigenvalue weighted by Crippen LogP contribution is 2.51. The summed E-state index contributed by atoms with van der Waals surface area (Å²) in [5, 5.41) is 0. The minimum Gasteiger partial charge on any atom is -0.320 e. The summed E-state index contributed by atoms with van der Waals surface area (Å²) in [4.78, 5) is 10.4. The molecule has 0 rings (SSSR count). The number of hydrogen-bond donors (Lipinski definition) is 1. The van der Waals surface area contributed by atoms with Gasteiger partial charge in [-0.2, -0.15) is 0 Å². The van der Waals surface area contributed by atoms with Gasteiger partial charge >= 0.3 is 7.60 Å². The molecule has 0 saturated carbocycles. The van der Waals surface area contributed by atoms with Gasteiger partial charge in [0.25, 0.3) is 0 Å². The average molecular weight is 419 g/mol. The van der Waals surface area contributed by atoms with Crippen LogP contribution in [0.4, 0.5) is 0 Å². The van der Waals surface area contributed by atoms with Gasteiger partial charge in [0.15, 0.2) is 5.78 Å². The van der Waals surface area contributed by atoms with Crippen LogP contribution in [0.15, 0.2) is 12.2 Å². The number of allylic oxidation sites excluding steroid dienone is 2. The Morgan fingerprint density at radius 2 is 1.32 bits per heavy atom. The molecule has 0 aromatic rings. The SMILES string of the molecule is CCCC=CCCCCCCCCCCCOP(=O)(O)C(CCC)[N+](C)(C)C. The summed E-state index contributed by atoms with van der Waals surface area (Å²) < 4.78 is 18.5. The quantitative estimate of drug-likeness (QED) is 0.104. The van der Waals surface area contributed by atoms with Crippen molar-refractivity contribution in [1.29, 1.82) is 0 Å². The molecule has 0 aromatic heterocycles. The van der Waals surface area contributed by atoms with E-state index in [1.54, 1.807) is 0 Å². The predicted octanol–water partition coefficient (Wildman–Crippen LogP) is 7.28. The summed E-state index contributed by atoms with van der Waals surface area (Å²) in [5.74, 6) is -0.334. The second kappa shape index (κ2) is 16.6. The zero-order valence-electron chi connectivity index (χ0n) is 19.5. The lowest BCUT2D eigenvalue weighted by molar-refractivity contribution is -0.883. The Labute approximate surface area is 175 Å². The maximum atomic E-state index is 12.6. The second-order valence-corrected chi connectivity index (χ2v) is 11.0. The molecule has 0 radical (unpaired) electrons. The Kier molecular flexibility index (Phi) is 16.5. The molecule has 0 aliphatic heterocycles. The molecule has 2 unspecified atom stereocenters. The van der Waals surface area contributed by atoms with Crippen molar-refractivity contribution in [3.05, 3.63) is 12.2 Å². The number of rotatable bonds is 19. The molecule has 1 N–H and O–H groups in total. The van der Waals surface area contributed by atoms with Crippen LogP contribution in [0.1, 0.15) is 104 Å². The summed E-state index contributed by atoms with van der Waals surface area (Å²) in [6.45, 7) is 4.67. The maximum Gasteiger partial charge on any atom is 0.385 e. The smallest absolute Gasteiger partial charge is 0.320 e. The molecule has 0 aromatic carbocycles. The molecule has 28 heavy (non-hydrogen) atoms. The van der Waals surface area contributed by atoms with E-state index >= 15 is 0 Å². The fourth-order valence-electron chi connectivity index (χ4n) is 3.53. The molecule has 0 aliphatic rings. The molecule has 2 atom stereocenters. The van der Waals surface area contributed by atoms with Crippen molar-refractivity contribution in [2.45, 2.75) is 110 Å². The van der Waals surface area contributed by atoms with Gasteiger partial charge in [0.05, 0.1) is 27.7 Å². The molecule has 4 nitrogen and oxygen atoms in total. The van der Waals surface area contributed by atoms with Gasteiger partial charge in [0.2, 0.25) is 0 Å². The van der Waals surface area contributed by atoms with E-state index in [0.717, 1.165) is 19.3 Å². The van der Waals surface area contributed by atoms with E-state index in [1.807, 2.05) is 28.1 Å². The molecule has 0 bridgehead atoms. The van der Waals surface area contributed by atoms with Crippen LogP contribution in [0, 0.1) is 0 Å². The Bertz CT molecular complexity index is 432. The summed E-state index contributed by atoms with van der Waals surface area (Å²) in [5.41, 5.74) is 0. The highest BCUT2D eigenvalue weighted by molar-refractivity contribution is 7.53. The van der Waals surface area contributed by atoms with Gasteiger partial charge in [-0.3, -0.25) is 4.57 Å². The van der Waals surface area contributed by atoms with E-state index < -0.39 is 7.60 Å². The van der Waals surface area contributed by atoms with Crippen LogP contribution in [-0.2, 0) is 9.09 Å². The molecule has 0 heterocycles. The average Bonchev–Trinajstić information content (AvgIpc) is 2.61. The van der Waals surface area contributed by atoms with Crippen molar-refractivity contribution in [2.24, 2.45) is 0 Å². The Morgan fingerprint density at radius 1 is 0.821 bits per heavy atom. The van der Waals surface area contributed by atoms with E-state index in [-0.39, 0.29) is 5.78 Å². The topological polar surface area (TPSA) is 46.5 Å². The van der Waals surface area contributed by atoms with Gasteiger partial charge in [0.1, 0.15) is 0 Å². The number of unbranched alkanes of at least 4 members (excludes halogenated alkanes) is 10. The van der Waals surface area contributed by atoms with Gasteiger partial charge in [-0.05, 0) is 32.1 Å². The molecular formula is C23H49NO3P+. The minimum atomic E-state index is -3.56. The molecule has 5 heteroatoms. The van der Waals surface area contributed by atoms with Crippen LogP contribution in [0.5, 0.6) is 0 Å². The molecule has 0 saturated heterocycles. The fraction of sp³-hybridized carbons (Fsp3) is 0.913. The van der Waals surface area contributed by atoms with E-state index in [2.05, 4.69) is 19.1 Å². The number of hydrogen-bond acceptors (Lipinski definition) is 2. The largest absolute Gasteiger partial charge is 0.385 e. The van der Waals surface area contributed by atoms with Crippen LogP contribution in [0.2, 0.25) is 0 Å². The molecule has 0 aliphatic carbocycles. The first-order valence-electron chi connectivity index (χ1n) is 11.7. The lowest BCUT2D eigenvalue weighted by Gasteiger charge is -2.35. The summed E-state index contributed by atoms with van der Waals surface area (Å²) in [7, 11) is 2.34. The third kappa shape index (κ3) is 14.8. The monoisotopic (exact) mass is 418 g/mol. The van der Waals surface area contributed by atoms with E-state index in [4.69, 9.17) is 4.52 Å². The third-order valence-corrected chi connectivity index (χ3v) is 7.49. The van der Waals surface area contributed by atoms with Gasteiger partial charge in [-0.25, -0.2) is 0 Å². The number of nitrogens with zero attached hydrogens (tertiary/aromatic N) is 1. The Balaban J connectivity index is 3.64. The fourth-order valence-corrected chi connectivity index (χ4v) is 5.55. The lowest BCUT2D eigenvalue weighted by Crippen LogP contribution is -2.45. The first-order chi connectivity index (χ1) is 13.3. The minimum absolute atomic E-state index is 0.334. The van der Waals surface area contributed by atoms with Crippen molar-refractivity contribution in [2.75, 3.05) is 27.7 Å². The van der Waals surface area contributed by atoms with E-state index in [1.165, 1.54) is 64.2 Å². The first-order valence-corrected chi connectivity index (χ1v) is 13.3. The highest BCUT2D eigenvalue weighted by atomic mass is 31.2. The van der Waals surface area contributed by atoms with Crippen LogP contribution < -0.4 is 0 Å². The van der Waals surface area contributed by atoms with Crippen LogP contribution in [-0.4, -0.2) is 42.9 Å². The molecule has 168 valence electrons.